The van der Waals surface area contributed by atoms with E-state index in [1.54, 1.807) is 20.4 Å². The zero-order chi connectivity index (χ0) is 12.0. The summed E-state index contributed by atoms with van der Waals surface area (Å²) in [5.41, 5.74) is 0. The van der Waals surface area contributed by atoms with Crippen LogP contribution in [-0.4, -0.2) is 44.2 Å². The van der Waals surface area contributed by atoms with Crippen molar-refractivity contribution in [3.63, 3.8) is 0 Å². The van der Waals surface area contributed by atoms with E-state index >= 15 is 0 Å². The van der Waals surface area contributed by atoms with Gasteiger partial charge in [0.2, 0.25) is 0 Å². The molecule has 0 aromatic carbocycles. The minimum absolute atomic E-state index is 0.272. The van der Waals surface area contributed by atoms with Crippen LogP contribution in [0.15, 0.2) is 18.3 Å². The summed E-state index contributed by atoms with van der Waals surface area (Å²) in [6, 6.07) is 3.76. The van der Waals surface area contributed by atoms with Gasteiger partial charge in [-0.25, -0.2) is 4.98 Å². The van der Waals surface area contributed by atoms with Crippen LogP contribution >= 0.6 is 15.9 Å². The molecule has 0 saturated carbocycles. The van der Waals surface area contributed by atoms with Crippen molar-refractivity contribution in [1.29, 1.82) is 0 Å². The van der Waals surface area contributed by atoms with Crippen molar-refractivity contribution in [3.8, 4) is 5.75 Å². The van der Waals surface area contributed by atoms with Crippen molar-refractivity contribution in [2.75, 3.05) is 39.3 Å². The first-order valence-corrected chi connectivity index (χ1v) is 5.93. The lowest BCUT2D eigenvalue weighted by Gasteiger charge is -2.22. The minimum Gasteiger partial charge on any atom is -0.493 e. The Labute approximate surface area is 105 Å². The molecule has 1 heterocycles. The van der Waals surface area contributed by atoms with Crippen molar-refractivity contribution < 1.29 is 9.47 Å². The minimum atomic E-state index is 0.272. The summed E-state index contributed by atoms with van der Waals surface area (Å²) in [7, 11) is 5.32. The number of aromatic nitrogens is 1. The lowest BCUT2D eigenvalue weighted by molar-refractivity contribution is 0.201. The molecule has 0 bridgehead atoms. The number of ether oxygens (including phenoxy) is 2. The molecular weight excluding hydrogens is 272 g/mol. The summed E-state index contributed by atoms with van der Waals surface area (Å²) in [6.07, 6.45) is 1.76. The molecular formula is C11H17BrN2O2. The standard InChI is InChI=1S/C11H17BrN2O2/c1-14(7-9(12)8-15-2)11-10(16-3)5-4-6-13-11/h4-6,9H,7-8H2,1-3H3. The molecule has 0 N–H and O–H groups in total. The third-order valence-electron chi connectivity index (χ3n) is 2.15. The van der Waals surface area contributed by atoms with Crippen LogP contribution in [0.5, 0.6) is 5.75 Å². The molecule has 0 saturated heterocycles. The predicted octanol–water partition coefficient (Wildman–Crippen LogP) is 1.94. The number of anilines is 1. The van der Waals surface area contributed by atoms with Gasteiger partial charge in [-0.1, -0.05) is 15.9 Å². The van der Waals surface area contributed by atoms with Gasteiger partial charge in [0.05, 0.1) is 18.5 Å². The van der Waals surface area contributed by atoms with E-state index in [2.05, 4.69) is 20.9 Å². The Morgan fingerprint density at radius 1 is 1.50 bits per heavy atom. The molecule has 1 unspecified atom stereocenters. The Bertz CT molecular complexity index is 323. The number of methoxy groups -OCH3 is 2. The lowest BCUT2D eigenvalue weighted by Crippen LogP contribution is -2.29. The highest BCUT2D eigenvalue weighted by Crippen LogP contribution is 2.24. The molecule has 1 atom stereocenters. The van der Waals surface area contributed by atoms with Crippen LogP contribution in [0.3, 0.4) is 0 Å². The first-order valence-electron chi connectivity index (χ1n) is 5.02. The van der Waals surface area contributed by atoms with Crippen LogP contribution < -0.4 is 9.64 Å². The van der Waals surface area contributed by atoms with E-state index in [9.17, 15) is 0 Å². The molecule has 1 rings (SSSR count). The Kier molecular flexibility index (Phi) is 5.55. The second-order valence-corrected chi connectivity index (χ2v) is 4.76. The third-order valence-corrected chi connectivity index (χ3v) is 2.71. The highest BCUT2D eigenvalue weighted by molar-refractivity contribution is 9.09. The summed E-state index contributed by atoms with van der Waals surface area (Å²) in [5.74, 6) is 1.62. The van der Waals surface area contributed by atoms with Gasteiger partial charge in [0.15, 0.2) is 11.6 Å². The lowest BCUT2D eigenvalue weighted by atomic mass is 10.3. The maximum atomic E-state index is 5.26. The number of pyridine rings is 1. The number of hydrogen-bond acceptors (Lipinski definition) is 4. The van der Waals surface area contributed by atoms with Gasteiger partial charge in [0.25, 0.3) is 0 Å². The van der Waals surface area contributed by atoms with E-state index < -0.39 is 0 Å². The molecule has 0 fully saturated rings. The molecule has 0 spiro atoms. The highest BCUT2D eigenvalue weighted by Gasteiger charge is 2.12. The fourth-order valence-electron chi connectivity index (χ4n) is 1.45. The van der Waals surface area contributed by atoms with Gasteiger partial charge in [-0.2, -0.15) is 0 Å². The average Bonchev–Trinajstić information content (AvgIpc) is 2.29. The zero-order valence-corrected chi connectivity index (χ0v) is 11.4. The summed E-state index contributed by atoms with van der Waals surface area (Å²) in [5, 5.41) is 0. The van der Waals surface area contributed by atoms with E-state index in [1.165, 1.54) is 0 Å². The van der Waals surface area contributed by atoms with Crippen LogP contribution in [0.4, 0.5) is 5.82 Å². The Balaban J connectivity index is 2.68. The smallest absolute Gasteiger partial charge is 0.171 e. The SMILES string of the molecule is COCC(Br)CN(C)c1ncccc1OC. The van der Waals surface area contributed by atoms with Gasteiger partial charge in [-0.3, -0.25) is 0 Å². The first-order chi connectivity index (χ1) is 7.69. The third kappa shape index (κ3) is 3.64. The predicted molar refractivity (Wildman–Crippen MR) is 68.7 cm³/mol. The van der Waals surface area contributed by atoms with Gasteiger partial charge < -0.3 is 14.4 Å². The summed E-state index contributed by atoms with van der Waals surface area (Å²) >= 11 is 3.55. The Morgan fingerprint density at radius 3 is 2.88 bits per heavy atom. The molecule has 5 heteroatoms. The van der Waals surface area contributed by atoms with E-state index in [-0.39, 0.29) is 4.83 Å². The fourth-order valence-corrected chi connectivity index (χ4v) is 2.14. The van der Waals surface area contributed by atoms with Gasteiger partial charge in [-0.15, -0.1) is 0 Å². The Morgan fingerprint density at radius 2 is 2.25 bits per heavy atom. The molecule has 0 aliphatic carbocycles. The normalized spacial score (nSPS) is 12.2. The molecule has 90 valence electrons. The molecule has 0 aliphatic rings. The second-order valence-electron chi connectivity index (χ2n) is 3.46. The molecule has 0 aliphatic heterocycles. The van der Waals surface area contributed by atoms with Crippen LogP contribution in [0.25, 0.3) is 0 Å². The van der Waals surface area contributed by atoms with Gasteiger partial charge in [0.1, 0.15) is 0 Å². The second kappa shape index (κ2) is 6.70. The average molecular weight is 289 g/mol. The van der Waals surface area contributed by atoms with E-state index in [0.29, 0.717) is 6.61 Å². The maximum absolute atomic E-state index is 5.26. The number of halogens is 1. The van der Waals surface area contributed by atoms with Crippen molar-refractivity contribution in [3.05, 3.63) is 18.3 Å². The molecule has 1 aromatic rings. The first kappa shape index (κ1) is 13.3. The Hall–Kier alpha value is -0.810. The molecule has 0 radical (unpaired) electrons. The van der Waals surface area contributed by atoms with Gasteiger partial charge in [-0.05, 0) is 12.1 Å². The quantitative estimate of drug-likeness (QED) is 0.750. The number of hydrogen-bond donors (Lipinski definition) is 0. The highest BCUT2D eigenvalue weighted by atomic mass is 79.9. The van der Waals surface area contributed by atoms with E-state index in [4.69, 9.17) is 9.47 Å². The van der Waals surface area contributed by atoms with Crippen molar-refractivity contribution in [1.82, 2.24) is 4.98 Å². The van der Waals surface area contributed by atoms with Crippen molar-refractivity contribution in [2.24, 2.45) is 0 Å². The topological polar surface area (TPSA) is 34.6 Å². The monoisotopic (exact) mass is 288 g/mol. The fraction of sp³-hybridized carbons (Fsp3) is 0.545. The van der Waals surface area contributed by atoms with Crippen LogP contribution in [0, 0.1) is 0 Å². The molecule has 1 aromatic heterocycles. The van der Waals surface area contributed by atoms with E-state index in [1.807, 2.05) is 24.1 Å². The van der Waals surface area contributed by atoms with E-state index in [0.717, 1.165) is 18.1 Å². The summed E-state index contributed by atoms with van der Waals surface area (Å²) in [4.78, 5) is 6.61. The van der Waals surface area contributed by atoms with Crippen molar-refractivity contribution in [2.45, 2.75) is 4.83 Å². The zero-order valence-electron chi connectivity index (χ0n) is 9.81. The molecule has 4 nitrogen and oxygen atoms in total. The largest absolute Gasteiger partial charge is 0.493 e. The van der Waals surface area contributed by atoms with Crippen LogP contribution in [-0.2, 0) is 4.74 Å². The van der Waals surface area contributed by atoms with Crippen molar-refractivity contribution >= 4 is 21.7 Å². The van der Waals surface area contributed by atoms with Gasteiger partial charge in [0, 0.05) is 26.9 Å². The summed E-state index contributed by atoms with van der Waals surface area (Å²) in [6.45, 7) is 1.47. The number of alkyl halides is 1. The molecule has 16 heavy (non-hydrogen) atoms. The summed E-state index contributed by atoms with van der Waals surface area (Å²) < 4.78 is 10.3. The maximum Gasteiger partial charge on any atom is 0.171 e. The van der Waals surface area contributed by atoms with Crippen LogP contribution in [0.2, 0.25) is 0 Å². The van der Waals surface area contributed by atoms with Gasteiger partial charge >= 0.3 is 0 Å². The number of nitrogens with zero attached hydrogens (tertiary/aromatic N) is 2. The molecule has 0 amide bonds. The number of rotatable bonds is 6. The van der Waals surface area contributed by atoms with Crippen LogP contribution in [0.1, 0.15) is 0 Å².